The molecule has 1 rings (SSSR count). The third kappa shape index (κ3) is 3.82. The fourth-order valence-corrected chi connectivity index (χ4v) is 2.49. The maximum atomic E-state index is 11.8. The monoisotopic (exact) mass is 255 g/mol. The zero-order valence-electron chi connectivity index (χ0n) is 10.9. The van der Waals surface area contributed by atoms with Crippen molar-refractivity contribution in [3.63, 3.8) is 0 Å². The summed E-state index contributed by atoms with van der Waals surface area (Å²) in [5, 5.41) is -0.401. The van der Waals surface area contributed by atoms with E-state index < -0.39 is 15.3 Å². The van der Waals surface area contributed by atoms with E-state index in [1.807, 2.05) is 38.1 Å². The first-order valence-electron chi connectivity index (χ1n) is 5.94. The minimum absolute atomic E-state index is 0.136. The van der Waals surface area contributed by atoms with Gasteiger partial charge < -0.3 is 0 Å². The van der Waals surface area contributed by atoms with E-state index in [0.717, 1.165) is 12.0 Å². The molecule has 96 valence electrons. The van der Waals surface area contributed by atoms with Gasteiger partial charge in [-0.05, 0) is 32.8 Å². The van der Waals surface area contributed by atoms with Crippen LogP contribution in [0.15, 0.2) is 24.3 Å². The Bertz CT molecular complexity index is 449. The van der Waals surface area contributed by atoms with Gasteiger partial charge in [0.05, 0.1) is 5.25 Å². The van der Waals surface area contributed by atoms with Crippen molar-refractivity contribution in [2.24, 2.45) is 0 Å². The zero-order chi connectivity index (χ0) is 13.1. The fraction of sp³-hybridized carbons (Fsp3) is 0.538. The molecule has 1 unspecified atom stereocenters. The Hall–Kier alpha value is -0.870. The molecular weight excluding hydrogens is 234 g/mol. The van der Waals surface area contributed by atoms with Crippen molar-refractivity contribution in [3.05, 3.63) is 35.4 Å². The van der Waals surface area contributed by atoms with Gasteiger partial charge in [-0.25, -0.2) is 13.1 Å². The van der Waals surface area contributed by atoms with E-state index in [1.165, 1.54) is 5.56 Å². The second-order valence-corrected chi connectivity index (χ2v) is 6.85. The van der Waals surface area contributed by atoms with E-state index >= 15 is 0 Å². The van der Waals surface area contributed by atoms with Crippen molar-refractivity contribution >= 4 is 10.0 Å². The molecule has 0 spiro atoms. The third-order valence-electron chi connectivity index (χ3n) is 2.82. The van der Waals surface area contributed by atoms with Crippen LogP contribution < -0.4 is 4.72 Å². The van der Waals surface area contributed by atoms with Crippen LogP contribution in [0.25, 0.3) is 0 Å². The molecule has 0 saturated carbocycles. The molecule has 0 radical (unpaired) electrons. The van der Waals surface area contributed by atoms with Gasteiger partial charge in [0.2, 0.25) is 10.0 Å². The number of nitrogens with one attached hydrogen (secondary N) is 1. The number of benzene rings is 1. The van der Waals surface area contributed by atoms with Gasteiger partial charge in [0, 0.05) is 6.04 Å². The topological polar surface area (TPSA) is 46.2 Å². The average Bonchev–Trinajstić information content (AvgIpc) is 2.27. The van der Waals surface area contributed by atoms with Gasteiger partial charge in [0.1, 0.15) is 0 Å². The molecule has 1 aromatic carbocycles. The van der Waals surface area contributed by atoms with Gasteiger partial charge in [0.15, 0.2) is 0 Å². The van der Waals surface area contributed by atoms with Crippen LogP contribution >= 0.6 is 0 Å². The lowest BCUT2D eigenvalue weighted by Gasteiger charge is -2.19. The average molecular weight is 255 g/mol. The van der Waals surface area contributed by atoms with Crippen molar-refractivity contribution < 1.29 is 8.42 Å². The van der Waals surface area contributed by atoms with Crippen LogP contribution in [-0.4, -0.2) is 13.7 Å². The molecular formula is C13H21NO2S. The highest BCUT2D eigenvalue weighted by Gasteiger charge is 2.21. The van der Waals surface area contributed by atoms with Crippen molar-refractivity contribution in [1.29, 1.82) is 0 Å². The van der Waals surface area contributed by atoms with Crippen LogP contribution in [-0.2, 0) is 10.0 Å². The summed E-state index contributed by atoms with van der Waals surface area (Å²) >= 11 is 0. The first kappa shape index (κ1) is 14.2. The summed E-state index contributed by atoms with van der Waals surface area (Å²) in [7, 11) is -3.22. The van der Waals surface area contributed by atoms with E-state index in [2.05, 4.69) is 4.72 Å². The highest BCUT2D eigenvalue weighted by molar-refractivity contribution is 7.90. The lowest BCUT2D eigenvalue weighted by Crippen LogP contribution is -2.33. The lowest BCUT2D eigenvalue weighted by atomic mass is 10.0. The SMILES string of the molecule is CCC(NS(=O)(=O)C(C)C)c1ccc(C)cc1. The Morgan fingerprint density at radius 1 is 1.18 bits per heavy atom. The first-order chi connectivity index (χ1) is 7.86. The van der Waals surface area contributed by atoms with Gasteiger partial charge in [-0.15, -0.1) is 0 Å². The largest absolute Gasteiger partial charge is 0.214 e. The molecule has 4 heteroatoms. The Morgan fingerprint density at radius 2 is 1.71 bits per heavy atom. The van der Waals surface area contributed by atoms with Crippen molar-refractivity contribution in [2.75, 3.05) is 0 Å². The normalized spacial score (nSPS) is 13.9. The minimum Gasteiger partial charge on any atom is -0.212 e. The minimum atomic E-state index is -3.22. The van der Waals surface area contributed by atoms with Gasteiger partial charge in [-0.3, -0.25) is 0 Å². The molecule has 0 aliphatic carbocycles. The first-order valence-corrected chi connectivity index (χ1v) is 7.49. The maximum absolute atomic E-state index is 11.8. The summed E-state index contributed by atoms with van der Waals surface area (Å²) in [4.78, 5) is 0. The Labute approximate surface area is 104 Å². The summed E-state index contributed by atoms with van der Waals surface area (Å²) < 4.78 is 26.4. The fourth-order valence-electron chi connectivity index (χ4n) is 1.52. The standard InChI is InChI=1S/C13H21NO2S/c1-5-13(14-17(15,16)10(2)3)12-8-6-11(4)7-9-12/h6-10,13-14H,5H2,1-4H3. The van der Waals surface area contributed by atoms with Crippen LogP contribution in [0.5, 0.6) is 0 Å². The summed E-state index contributed by atoms with van der Waals surface area (Å²) in [5.74, 6) is 0. The molecule has 0 fully saturated rings. The Morgan fingerprint density at radius 3 is 2.12 bits per heavy atom. The molecule has 0 aliphatic rings. The molecule has 0 heterocycles. The van der Waals surface area contributed by atoms with Gasteiger partial charge >= 0.3 is 0 Å². The lowest BCUT2D eigenvalue weighted by molar-refractivity contribution is 0.542. The summed E-state index contributed by atoms with van der Waals surface area (Å²) in [6.07, 6.45) is 0.745. The van der Waals surface area contributed by atoms with Crippen LogP contribution in [0.4, 0.5) is 0 Å². The molecule has 0 bridgehead atoms. The molecule has 0 aliphatic heterocycles. The molecule has 0 saturated heterocycles. The van der Waals surface area contributed by atoms with Crippen LogP contribution in [0.2, 0.25) is 0 Å². The van der Waals surface area contributed by atoms with E-state index in [-0.39, 0.29) is 6.04 Å². The van der Waals surface area contributed by atoms with E-state index in [4.69, 9.17) is 0 Å². The number of hydrogen-bond donors (Lipinski definition) is 1. The van der Waals surface area contributed by atoms with Gasteiger partial charge in [0.25, 0.3) is 0 Å². The van der Waals surface area contributed by atoms with E-state index in [0.29, 0.717) is 0 Å². The molecule has 0 amide bonds. The summed E-state index contributed by atoms with van der Waals surface area (Å²) in [5.41, 5.74) is 2.19. The number of aryl methyl sites for hydroxylation is 1. The summed E-state index contributed by atoms with van der Waals surface area (Å²) in [6.45, 7) is 7.37. The number of rotatable bonds is 5. The third-order valence-corrected chi connectivity index (χ3v) is 4.67. The molecule has 1 N–H and O–H groups in total. The van der Waals surface area contributed by atoms with Crippen LogP contribution in [0.3, 0.4) is 0 Å². The quantitative estimate of drug-likeness (QED) is 0.879. The number of hydrogen-bond acceptors (Lipinski definition) is 2. The van der Waals surface area contributed by atoms with E-state index in [1.54, 1.807) is 13.8 Å². The van der Waals surface area contributed by atoms with Crippen molar-refractivity contribution in [3.8, 4) is 0 Å². The van der Waals surface area contributed by atoms with Crippen molar-refractivity contribution in [2.45, 2.75) is 45.4 Å². The zero-order valence-corrected chi connectivity index (χ0v) is 11.7. The van der Waals surface area contributed by atoms with Crippen LogP contribution in [0.1, 0.15) is 44.4 Å². The highest BCUT2D eigenvalue weighted by atomic mass is 32.2. The molecule has 3 nitrogen and oxygen atoms in total. The molecule has 0 aromatic heterocycles. The predicted molar refractivity (Wildman–Crippen MR) is 71.4 cm³/mol. The highest BCUT2D eigenvalue weighted by Crippen LogP contribution is 2.19. The van der Waals surface area contributed by atoms with E-state index in [9.17, 15) is 8.42 Å². The van der Waals surface area contributed by atoms with Gasteiger partial charge in [-0.1, -0.05) is 36.8 Å². The molecule has 1 atom stereocenters. The maximum Gasteiger partial charge on any atom is 0.214 e. The molecule has 1 aromatic rings. The second kappa shape index (κ2) is 5.65. The van der Waals surface area contributed by atoms with Crippen LogP contribution in [0, 0.1) is 6.92 Å². The smallest absolute Gasteiger partial charge is 0.212 e. The summed E-state index contributed by atoms with van der Waals surface area (Å²) in [6, 6.07) is 7.82. The van der Waals surface area contributed by atoms with Gasteiger partial charge in [-0.2, -0.15) is 0 Å². The Kier molecular flexibility index (Phi) is 4.71. The number of sulfonamides is 1. The Balaban J connectivity index is 2.90. The van der Waals surface area contributed by atoms with Crippen molar-refractivity contribution in [1.82, 2.24) is 4.72 Å². The second-order valence-electron chi connectivity index (χ2n) is 4.58. The predicted octanol–water partition coefficient (Wildman–Crippen LogP) is 2.77. The molecule has 17 heavy (non-hydrogen) atoms.